The van der Waals surface area contributed by atoms with E-state index in [9.17, 15) is 32.7 Å². The Morgan fingerprint density at radius 1 is 1.03 bits per heavy atom. The monoisotopic (exact) mass is 533 g/mol. The number of benzene rings is 2. The summed E-state index contributed by atoms with van der Waals surface area (Å²) in [4.78, 5) is 42.1. The smallest absolute Gasteiger partial charge is 0.417 e. The Bertz CT molecular complexity index is 1300. The number of hydrogen-bond donors (Lipinski definition) is 1. The number of nitrogens with zero attached hydrogens (tertiary/aromatic N) is 3. The summed E-state index contributed by atoms with van der Waals surface area (Å²) >= 11 is 0. The van der Waals surface area contributed by atoms with E-state index in [1.54, 1.807) is 32.9 Å². The highest BCUT2D eigenvalue weighted by Crippen LogP contribution is 2.30. The van der Waals surface area contributed by atoms with Crippen molar-refractivity contribution in [3.63, 3.8) is 0 Å². The molecule has 0 saturated heterocycles. The van der Waals surface area contributed by atoms with E-state index in [0.717, 1.165) is 28.8 Å². The molecule has 0 aliphatic heterocycles. The van der Waals surface area contributed by atoms with Crippen molar-refractivity contribution in [2.75, 3.05) is 13.6 Å². The van der Waals surface area contributed by atoms with Gasteiger partial charge < -0.3 is 19.5 Å². The zero-order valence-electron chi connectivity index (χ0n) is 21.0. The third kappa shape index (κ3) is 7.11. The maximum Gasteiger partial charge on any atom is 0.417 e. The fraction of sp³-hybridized carbons (Fsp3) is 0.308. The largest absolute Gasteiger partial charge is 0.464 e. The van der Waals surface area contributed by atoms with Gasteiger partial charge in [0, 0.05) is 26.0 Å². The number of alkyl halides is 3. The molecule has 1 aromatic heterocycles. The van der Waals surface area contributed by atoms with Crippen molar-refractivity contribution >= 4 is 18.2 Å². The van der Waals surface area contributed by atoms with E-state index in [1.807, 2.05) is 0 Å². The zero-order valence-corrected chi connectivity index (χ0v) is 21.0. The van der Waals surface area contributed by atoms with E-state index in [2.05, 4.69) is 4.98 Å². The molecule has 1 amide bonds. The minimum absolute atomic E-state index is 0.0178. The lowest BCUT2D eigenvalue weighted by Gasteiger charge is -2.27. The van der Waals surface area contributed by atoms with Gasteiger partial charge in [-0.15, -0.1) is 0 Å². The number of amides is 1. The summed E-state index contributed by atoms with van der Waals surface area (Å²) in [6.07, 6.45) is -3.80. The van der Waals surface area contributed by atoms with Crippen LogP contribution >= 0.6 is 0 Å². The SMILES string of the molecule is CN(CC(c1ccc(OC(=O)c2ccc(C(F)(F)F)cc2)cc1)c1nccn1C(=O)O)C(=O)OC(C)(C)C. The second-order valence-corrected chi connectivity index (χ2v) is 9.39. The van der Waals surface area contributed by atoms with E-state index >= 15 is 0 Å². The second-order valence-electron chi connectivity index (χ2n) is 9.39. The molecule has 202 valence electrons. The van der Waals surface area contributed by atoms with E-state index in [1.165, 1.54) is 36.5 Å². The number of halogens is 3. The van der Waals surface area contributed by atoms with Gasteiger partial charge in [0.05, 0.1) is 17.0 Å². The average molecular weight is 534 g/mol. The number of carboxylic acid groups (broad SMARTS) is 1. The van der Waals surface area contributed by atoms with Crippen LogP contribution in [0.2, 0.25) is 0 Å². The van der Waals surface area contributed by atoms with Gasteiger partial charge in [-0.3, -0.25) is 0 Å². The van der Waals surface area contributed by atoms with Crippen LogP contribution in [0.15, 0.2) is 60.9 Å². The summed E-state index contributed by atoms with van der Waals surface area (Å²) in [6.45, 7) is 5.18. The van der Waals surface area contributed by atoms with Gasteiger partial charge in [0.15, 0.2) is 0 Å². The normalized spacial score (nSPS) is 12.5. The lowest BCUT2D eigenvalue weighted by atomic mass is 9.97. The summed E-state index contributed by atoms with van der Waals surface area (Å²) in [7, 11) is 1.51. The Kier molecular flexibility index (Phi) is 8.13. The van der Waals surface area contributed by atoms with E-state index in [-0.39, 0.29) is 23.7 Å². The molecule has 0 aliphatic rings. The van der Waals surface area contributed by atoms with Crippen LogP contribution in [0.4, 0.5) is 22.8 Å². The molecule has 0 fully saturated rings. The first-order valence-corrected chi connectivity index (χ1v) is 11.4. The summed E-state index contributed by atoms with van der Waals surface area (Å²) in [5, 5.41) is 9.56. The summed E-state index contributed by atoms with van der Waals surface area (Å²) in [6, 6.07) is 9.67. The van der Waals surface area contributed by atoms with E-state index in [4.69, 9.17) is 9.47 Å². The fourth-order valence-corrected chi connectivity index (χ4v) is 3.49. The fourth-order valence-electron chi connectivity index (χ4n) is 3.49. The maximum atomic E-state index is 12.8. The van der Waals surface area contributed by atoms with Crippen LogP contribution in [0.25, 0.3) is 0 Å². The minimum atomic E-state index is -4.53. The first kappa shape index (κ1) is 28.2. The number of rotatable bonds is 6. The highest BCUT2D eigenvalue weighted by Gasteiger charge is 2.30. The molecule has 1 N–H and O–H groups in total. The van der Waals surface area contributed by atoms with Crippen LogP contribution in [0, 0.1) is 0 Å². The zero-order chi connectivity index (χ0) is 28.3. The molecule has 3 aromatic rings. The molecular formula is C26H26F3N3O6. The maximum absolute atomic E-state index is 12.8. The first-order chi connectivity index (χ1) is 17.7. The van der Waals surface area contributed by atoms with Gasteiger partial charge in [-0.05, 0) is 62.7 Å². The number of esters is 1. The topological polar surface area (TPSA) is 111 Å². The summed E-state index contributed by atoms with van der Waals surface area (Å²) in [5.74, 6) is -1.28. The third-order valence-corrected chi connectivity index (χ3v) is 5.29. The van der Waals surface area contributed by atoms with Crippen molar-refractivity contribution in [1.82, 2.24) is 14.5 Å². The van der Waals surface area contributed by atoms with Crippen LogP contribution in [-0.4, -0.2) is 56.9 Å². The van der Waals surface area contributed by atoms with Gasteiger partial charge >= 0.3 is 24.3 Å². The molecule has 38 heavy (non-hydrogen) atoms. The lowest BCUT2D eigenvalue weighted by Crippen LogP contribution is -2.37. The van der Waals surface area contributed by atoms with Crippen LogP contribution in [-0.2, 0) is 10.9 Å². The molecule has 2 aromatic carbocycles. The molecule has 1 heterocycles. The van der Waals surface area contributed by atoms with E-state index < -0.39 is 41.4 Å². The van der Waals surface area contributed by atoms with E-state index in [0.29, 0.717) is 5.56 Å². The number of carbonyl (C=O) groups excluding carboxylic acids is 2. The molecule has 0 spiro atoms. The van der Waals surface area contributed by atoms with Gasteiger partial charge in [0.2, 0.25) is 0 Å². The molecule has 1 unspecified atom stereocenters. The Labute approximate surface area is 216 Å². The summed E-state index contributed by atoms with van der Waals surface area (Å²) < 4.78 is 49.9. The molecule has 12 heteroatoms. The Balaban J connectivity index is 1.82. The Hall–Kier alpha value is -4.35. The second kappa shape index (κ2) is 11.0. The molecule has 0 radical (unpaired) electrons. The van der Waals surface area contributed by atoms with Crippen LogP contribution in [0.5, 0.6) is 5.75 Å². The standard InChI is InChI=1S/C26H26F3N3O6/c1-25(2,3)38-24(36)31(4)15-20(21-30-13-14-32(21)23(34)35)16-7-11-19(12-8-16)37-22(33)17-5-9-18(10-6-17)26(27,28)29/h5-14,20H,15H2,1-4H3,(H,34,35). The van der Waals surface area contributed by atoms with Gasteiger partial charge in [-0.1, -0.05) is 12.1 Å². The molecule has 9 nitrogen and oxygen atoms in total. The molecule has 1 atom stereocenters. The van der Waals surface area contributed by atoms with Crippen molar-refractivity contribution < 1.29 is 42.1 Å². The van der Waals surface area contributed by atoms with Crippen LogP contribution in [0.1, 0.15) is 54.0 Å². The molecule has 0 bridgehead atoms. The predicted octanol–water partition coefficient (Wildman–Crippen LogP) is 5.65. The van der Waals surface area contributed by atoms with Crippen molar-refractivity contribution in [3.8, 4) is 5.75 Å². The van der Waals surface area contributed by atoms with Crippen LogP contribution in [0.3, 0.4) is 0 Å². The van der Waals surface area contributed by atoms with Gasteiger partial charge in [-0.2, -0.15) is 13.2 Å². The number of ether oxygens (including phenoxy) is 2. The number of aromatic nitrogens is 2. The Morgan fingerprint density at radius 3 is 2.16 bits per heavy atom. The summed E-state index contributed by atoms with van der Waals surface area (Å²) in [5.41, 5.74) is -1.13. The molecule has 0 saturated carbocycles. The van der Waals surface area contributed by atoms with Gasteiger partial charge in [-0.25, -0.2) is 23.9 Å². The van der Waals surface area contributed by atoms with Gasteiger partial charge in [0.25, 0.3) is 0 Å². The molecule has 0 aliphatic carbocycles. The highest BCUT2D eigenvalue weighted by atomic mass is 19.4. The predicted molar refractivity (Wildman–Crippen MR) is 129 cm³/mol. The molecular weight excluding hydrogens is 507 g/mol. The van der Waals surface area contributed by atoms with Crippen molar-refractivity contribution in [3.05, 3.63) is 83.4 Å². The Morgan fingerprint density at radius 2 is 1.63 bits per heavy atom. The molecule has 3 rings (SSSR count). The third-order valence-electron chi connectivity index (χ3n) is 5.29. The first-order valence-electron chi connectivity index (χ1n) is 11.4. The number of carbonyl (C=O) groups is 3. The average Bonchev–Trinajstić information content (AvgIpc) is 3.31. The quantitative estimate of drug-likeness (QED) is 0.322. The highest BCUT2D eigenvalue weighted by molar-refractivity contribution is 5.91. The number of imidazole rings is 1. The van der Waals surface area contributed by atoms with Crippen LogP contribution < -0.4 is 4.74 Å². The number of likely N-dealkylation sites (N-methyl/N-ethyl adjacent to an activating group) is 1. The van der Waals surface area contributed by atoms with Gasteiger partial charge in [0.1, 0.15) is 17.2 Å². The lowest BCUT2D eigenvalue weighted by molar-refractivity contribution is -0.137. The van der Waals surface area contributed by atoms with Crippen molar-refractivity contribution in [1.29, 1.82) is 0 Å². The van der Waals surface area contributed by atoms with Crippen molar-refractivity contribution in [2.45, 2.75) is 38.5 Å². The van der Waals surface area contributed by atoms with Crippen molar-refractivity contribution in [2.24, 2.45) is 0 Å². The number of hydrogen-bond acceptors (Lipinski definition) is 6. The minimum Gasteiger partial charge on any atom is -0.464 e.